The van der Waals surface area contributed by atoms with Gasteiger partial charge in [0, 0.05) is 22.0 Å². The minimum absolute atomic E-state index is 0.875. The number of anilines is 3. The van der Waals surface area contributed by atoms with Gasteiger partial charge in [-0.2, -0.15) is 0 Å². The molecule has 242 valence electrons. The number of hydrogen-bond acceptors (Lipinski definition) is 2. The van der Waals surface area contributed by atoms with Crippen LogP contribution in [0.3, 0.4) is 0 Å². The van der Waals surface area contributed by atoms with Crippen molar-refractivity contribution in [2.24, 2.45) is 0 Å². The van der Waals surface area contributed by atoms with E-state index in [4.69, 9.17) is 4.42 Å². The SMILES string of the molecule is c1ccc2c(-c3ccc(N(c4ccc5ccc6ccccc6c5c4)c4cccc5c4ccc4ccccc45)c4c3oc3ccccc34)cccc2c1. The molecule has 0 aliphatic rings. The average molecular weight is 662 g/mol. The maximum Gasteiger partial charge on any atom is 0.145 e. The highest BCUT2D eigenvalue weighted by Crippen LogP contribution is 2.49. The fourth-order valence-corrected chi connectivity index (χ4v) is 8.43. The molecule has 2 nitrogen and oxygen atoms in total. The number of para-hydroxylation sites is 1. The summed E-state index contributed by atoms with van der Waals surface area (Å²) in [5, 5.41) is 14.4. The molecule has 11 rings (SSSR count). The molecule has 0 saturated carbocycles. The van der Waals surface area contributed by atoms with E-state index >= 15 is 0 Å². The van der Waals surface area contributed by atoms with Crippen molar-refractivity contribution in [3.63, 3.8) is 0 Å². The Labute approximate surface area is 300 Å². The first kappa shape index (κ1) is 28.9. The predicted octanol–water partition coefficient (Wildman–Crippen LogP) is 14.5. The predicted molar refractivity (Wildman–Crippen MR) is 221 cm³/mol. The van der Waals surface area contributed by atoms with Gasteiger partial charge in [0.2, 0.25) is 0 Å². The Balaban J connectivity index is 1.27. The number of hydrogen-bond donors (Lipinski definition) is 0. The van der Waals surface area contributed by atoms with Crippen molar-refractivity contribution < 1.29 is 4.42 Å². The standard InChI is InChI=1S/C50H31NO/c1-4-15-37-32(11-1)14-9-19-41(37)43-29-30-47(49-44-18-7-8-22-48(44)52-50(43)49)51(36-27-25-35-24-23-33-12-3-6-17-39(33)45(35)31-36)46-21-10-20-40-38-16-5-2-13-34(38)26-28-42(40)46/h1-31H. The zero-order valence-corrected chi connectivity index (χ0v) is 28.3. The summed E-state index contributed by atoms with van der Waals surface area (Å²) >= 11 is 0. The van der Waals surface area contributed by atoms with Crippen LogP contribution in [-0.2, 0) is 0 Å². The van der Waals surface area contributed by atoms with Crippen molar-refractivity contribution in [3.8, 4) is 11.1 Å². The molecule has 11 aromatic rings. The summed E-state index contributed by atoms with van der Waals surface area (Å²) in [5.41, 5.74) is 7.29. The smallest absolute Gasteiger partial charge is 0.145 e. The van der Waals surface area contributed by atoms with Gasteiger partial charge in [-0.1, -0.05) is 152 Å². The van der Waals surface area contributed by atoms with Gasteiger partial charge >= 0.3 is 0 Å². The van der Waals surface area contributed by atoms with Crippen LogP contribution in [-0.4, -0.2) is 0 Å². The first-order valence-electron chi connectivity index (χ1n) is 17.8. The van der Waals surface area contributed by atoms with Crippen molar-refractivity contribution in [1.29, 1.82) is 0 Å². The Hall–Kier alpha value is -6.90. The van der Waals surface area contributed by atoms with E-state index in [1.165, 1.54) is 53.9 Å². The molecule has 1 aromatic heterocycles. The Kier molecular flexibility index (Phi) is 6.28. The largest absolute Gasteiger partial charge is 0.455 e. The quantitative estimate of drug-likeness (QED) is 0.175. The van der Waals surface area contributed by atoms with E-state index < -0.39 is 0 Å². The summed E-state index contributed by atoms with van der Waals surface area (Å²) in [4.78, 5) is 2.45. The molecule has 0 aliphatic carbocycles. The van der Waals surface area contributed by atoms with E-state index in [1.807, 2.05) is 0 Å². The fraction of sp³-hybridized carbons (Fsp3) is 0. The molecule has 0 spiro atoms. The maximum atomic E-state index is 6.90. The molecular formula is C50H31NO. The molecule has 0 aliphatic heterocycles. The average Bonchev–Trinajstić information content (AvgIpc) is 3.61. The van der Waals surface area contributed by atoms with Crippen LogP contribution in [0.2, 0.25) is 0 Å². The highest BCUT2D eigenvalue weighted by atomic mass is 16.3. The highest BCUT2D eigenvalue weighted by molar-refractivity contribution is 6.21. The number of fused-ring (bicyclic) bond motifs is 10. The summed E-state index contributed by atoms with van der Waals surface area (Å²) in [6.45, 7) is 0. The molecule has 0 saturated heterocycles. The Morgan fingerprint density at radius 1 is 0.327 bits per heavy atom. The molecule has 0 bridgehead atoms. The molecule has 0 fully saturated rings. The highest BCUT2D eigenvalue weighted by Gasteiger charge is 2.24. The van der Waals surface area contributed by atoms with Crippen LogP contribution in [0.25, 0.3) is 86.9 Å². The van der Waals surface area contributed by atoms with Crippen LogP contribution in [0.5, 0.6) is 0 Å². The van der Waals surface area contributed by atoms with Gasteiger partial charge < -0.3 is 9.32 Å². The lowest BCUT2D eigenvalue weighted by Crippen LogP contribution is -2.11. The van der Waals surface area contributed by atoms with Gasteiger partial charge in [-0.05, 0) is 90.4 Å². The number of benzene rings is 10. The summed E-state index contributed by atoms with van der Waals surface area (Å²) in [7, 11) is 0. The summed E-state index contributed by atoms with van der Waals surface area (Å²) in [6, 6.07) is 68.1. The van der Waals surface area contributed by atoms with Gasteiger partial charge in [0.25, 0.3) is 0 Å². The van der Waals surface area contributed by atoms with Crippen LogP contribution in [0, 0.1) is 0 Å². The molecule has 0 radical (unpaired) electrons. The third-order valence-electron chi connectivity index (χ3n) is 10.8. The third-order valence-corrected chi connectivity index (χ3v) is 10.8. The molecular weight excluding hydrogens is 631 g/mol. The zero-order valence-electron chi connectivity index (χ0n) is 28.3. The zero-order chi connectivity index (χ0) is 34.2. The minimum Gasteiger partial charge on any atom is -0.455 e. The molecule has 1 heterocycles. The van der Waals surface area contributed by atoms with Crippen molar-refractivity contribution in [2.45, 2.75) is 0 Å². The summed E-state index contributed by atoms with van der Waals surface area (Å²) in [6.07, 6.45) is 0. The second kappa shape index (κ2) is 11.3. The second-order valence-corrected chi connectivity index (χ2v) is 13.6. The molecule has 0 N–H and O–H groups in total. The van der Waals surface area contributed by atoms with Gasteiger partial charge in [-0.25, -0.2) is 0 Å². The third kappa shape index (κ3) is 4.31. The lowest BCUT2D eigenvalue weighted by molar-refractivity contribution is 0.670. The van der Waals surface area contributed by atoms with E-state index in [9.17, 15) is 0 Å². The summed E-state index contributed by atoms with van der Waals surface area (Å²) in [5.74, 6) is 0. The fourth-order valence-electron chi connectivity index (χ4n) is 8.43. The van der Waals surface area contributed by atoms with Crippen molar-refractivity contribution in [1.82, 2.24) is 0 Å². The Bertz CT molecular complexity index is 3200. The Morgan fingerprint density at radius 2 is 0.904 bits per heavy atom. The second-order valence-electron chi connectivity index (χ2n) is 13.6. The first-order valence-corrected chi connectivity index (χ1v) is 17.8. The van der Waals surface area contributed by atoms with Crippen LogP contribution < -0.4 is 4.90 Å². The van der Waals surface area contributed by atoms with Gasteiger partial charge in [0.1, 0.15) is 11.2 Å². The van der Waals surface area contributed by atoms with E-state index in [1.54, 1.807) is 0 Å². The minimum atomic E-state index is 0.875. The van der Waals surface area contributed by atoms with Crippen LogP contribution in [0.1, 0.15) is 0 Å². The topological polar surface area (TPSA) is 16.4 Å². The van der Waals surface area contributed by atoms with Gasteiger partial charge in [-0.15, -0.1) is 0 Å². The normalized spacial score (nSPS) is 11.8. The molecule has 2 heteroatoms. The van der Waals surface area contributed by atoms with Crippen molar-refractivity contribution >= 4 is 92.9 Å². The van der Waals surface area contributed by atoms with Crippen LogP contribution >= 0.6 is 0 Å². The summed E-state index contributed by atoms with van der Waals surface area (Å²) < 4.78 is 6.90. The molecule has 10 aromatic carbocycles. The lowest BCUT2D eigenvalue weighted by Gasteiger charge is -2.28. The Morgan fingerprint density at radius 3 is 1.71 bits per heavy atom. The van der Waals surface area contributed by atoms with E-state index in [2.05, 4.69) is 193 Å². The number of nitrogens with zero attached hydrogens (tertiary/aromatic N) is 1. The van der Waals surface area contributed by atoms with E-state index in [0.29, 0.717) is 0 Å². The van der Waals surface area contributed by atoms with E-state index in [-0.39, 0.29) is 0 Å². The number of rotatable bonds is 4. The van der Waals surface area contributed by atoms with E-state index in [0.717, 1.165) is 50.1 Å². The first-order chi connectivity index (χ1) is 25.8. The number of furan rings is 1. The van der Waals surface area contributed by atoms with Gasteiger partial charge in [-0.3, -0.25) is 0 Å². The molecule has 0 unspecified atom stereocenters. The van der Waals surface area contributed by atoms with Crippen LogP contribution in [0.15, 0.2) is 192 Å². The van der Waals surface area contributed by atoms with Gasteiger partial charge in [0.15, 0.2) is 0 Å². The lowest BCUT2D eigenvalue weighted by atomic mass is 9.95. The van der Waals surface area contributed by atoms with Crippen LogP contribution in [0.4, 0.5) is 17.1 Å². The van der Waals surface area contributed by atoms with Crippen molar-refractivity contribution in [2.75, 3.05) is 4.90 Å². The maximum absolute atomic E-state index is 6.90. The molecule has 0 atom stereocenters. The van der Waals surface area contributed by atoms with Gasteiger partial charge in [0.05, 0.1) is 16.8 Å². The monoisotopic (exact) mass is 661 g/mol. The molecule has 52 heavy (non-hydrogen) atoms. The molecule has 0 amide bonds. The van der Waals surface area contributed by atoms with Crippen molar-refractivity contribution in [3.05, 3.63) is 188 Å².